The molecule has 2 atom stereocenters. The zero-order valence-electron chi connectivity index (χ0n) is 9.87. The molecule has 1 aliphatic rings. The standard InChI is InChI=1S/C13H17NO3/c1-10-7-8-14(12(10)15)13(16)17-9-11-5-3-2-4-6-11/h2-6,10,12,15H,7-9H2,1H3. The lowest BCUT2D eigenvalue weighted by atomic mass is 10.1. The van der Waals surface area contributed by atoms with Gasteiger partial charge in [0.15, 0.2) is 0 Å². The highest BCUT2D eigenvalue weighted by Crippen LogP contribution is 2.22. The number of rotatable bonds is 2. The van der Waals surface area contributed by atoms with E-state index >= 15 is 0 Å². The molecular weight excluding hydrogens is 218 g/mol. The molecule has 0 aliphatic carbocycles. The fourth-order valence-corrected chi connectivity index (χ4v) is 1.93. The van der Waals surface area contributed by atoms with Gasteiger partial charge in [0, 0.05) is 12.5 Å². The van der Waals surface area contributed by atoms with Gasteiger partial charge in [0.25, 0.3) is 0 Å². The third kappa shape index (κ3) is 2.77. The normalized spacial score (nSPS) is 23.8. The number of benzene rings is 1. The van der Waals surface area contributed by atoms with E-state index in [4.69, 9.17) is 4.74 Å². The highest BCUT2D eigenvalue weighted by molar-refractivity contribution is 5.68. The molecule has 4 heteroatoms. The van der Waals surface area contributed by atoms with Gasteiger partial charge in [-0.05, 0) is 12.0 Å². The van der Waals surface area contributed by atoms with Crippen molar-refractivity contribution in [2.75, 3.05) is 6.54 Å². The van der Waals surface area contributed by atoms with Crippen LogP contribution in [0.3, 0.4) is 0 Å². The van der Waals surface area contributed by atoms with Crippen LogP contribution in [0.4, 0.5) is 4.79 Å². The summed E-state index contributed by atoms with van der Waals surface area (Å²) in [5, 5.41) is 9.75. The Morgan fingerprint density at radius 2 is 2.18 bits per heavy atom. The summed E-state index contributed by atoms with van der Waals surface area (Å²) in [5.41, 5.74) is 0.947. The predicted molar refractivity (Wildman–Crippen MR) is 63.1 cm³/mol. The van der Waals surface area contributed by atoms with E-state index in [0.29, 0.717) is 6.54 Å². The van der Waals surface area contributed by atoms with Crippen molar-refractivity contribution in [3.05, 3.63) is 35.9 Å². The molecule has 1 aliphatic heterocycles. The van der Waals surface area contributed by atoms with Gasteiger partial charge in [0.2, 0.25) is 0 Å². The molecule has 0 spiro atoms. The minimum absolute atomic E-state index is 0.124. The van der Waals surface area contributed by atoms with Crippen molar-refractivity contribution in [2.24, 2.45) is 5.92 Å². The summed E-state index contributed by atoms with van der Waals surface area (Å²) in [5.74, 6) is 0.124. The van der Waals surface area contributed by atoms with E-state index in [2.05, 4.69) is 0 Å². The number of carbonyl (C=O) groups excluding carboxylic acids is 1. The van der Waals surface area contributed by atoms with E-state index in [-0.39, 0.29) is 12.5 Å². The van der Waals surface area contributed by atoms with Crippen LogP contribution < -0.4 is 0 Å². The lowest BCUT2D eigenvalue weighted by Gasteiger charge is -2.21. The summed E-state index contributed by atoms with van der Waals surface area (Å²) in [6.45, 7) is 2.74. The van der Waals surface area contributed by atoms with Gasteiger partial charge in [-0.1, -0.05) is 37.3 Å². The summed E-state index contributed by atoms with van der Waals surface area (Å²) in [6, 6.07) is 9.51. The van der Waals surface area contributed by atoms with Crippen LogP contribution in [-0.2, 0) is 11.3 Å². The zero-order chi connectivity index (χ0) is 12.3. The van der Waals surface area contributed by atoms with Crippen LogP contribution in [-0.4, -0.2) is 28.9 Å². The van der Waals surface area contributed by atoms with Gasteiger partial charge in [-0.2, -0.15) is 0 Å². The Morgan fingerprint density at radius 1 is 1.47 bits per heavy atom. The molecule has 0 saturated carbocycles. The number of amides is 1. The number of carbonyl (C=O) groups is 1. The van der Waals surface area contributed by atoms with E-state index in [1.165, 1.54) is 4.90 Å². The first-order valence-corrected chi connectivity index (χ1v) is 5.84. The highest BCUT2D eigenvalue weighted by atomic mass is 16.6. The number of hydrogen-bond donors (Lipinski definition) is 1. The second kappa shape index (κ2) is 5.19. The SMILES string of the molecule is CC1CCN(C(=O)OCc2ccccc2)C1O. The second-order valence-electron chi connectivity index (χ2n) is 4.41. The molecule has 2 unspecified atom stereocenters. The fraction of sp³-hybridized carbons (Fsp3) is 0.462. The Morgan fingerprint density at radius 3 is 2.76 bits per heavy atom. The molecule has 17 heavy (non-hydrogen) atoms. The molecule has 1 saturated heterocycles. The summed E-state index contributed by atoms with van der Waals surface area (Å²) in [7, 11) is 0. The first kappa shape index (κ1) is 11.9. The predicted octanol–water partition coefficient (Wildman–Crippen LogP) is 1.98. The van der Waals surface area contributed by atoms with E-state index in [9.17, 15) is 9.90 Å². The van der Waals surface area contributed by atoms with E-state index in [1.54, 1.807) is 0 Å². The van der Waals surface area contributed by atoms with E-state index in [0.717, 1.165) is 12.0 Å². The molecule has 0 radical (unpaired) electrons. The summed E-state index contributed by atoms with van der Waals surface area (Å²) in [4.78, 5) is 13.1. The Kier molecular flexibility index (Phi) is 3.64. The molecule has 1 heterocycles. The molecule has 2 rings (SSSR count). The molecule has 0 aromatic heterocycles. The fourth-order valence-electron chi connectivity index (χ4n) is 1.93. The smallest absolute Gasteiger partial charge is 0.412 e. The molecule has 1 N–H and O–H groups in total. The van der Waals surface area contributed by atoms with Crippen LogP contribution in [0.25, 0.3) is 0 Å². The summed E-state index contributed by atoms with van der Waals surface area (Å²) >= 11 is 0. The van der Waals surface area contributed by atoms with Crippen molar-refractivity contribution >= 4 is 6.09 Å². The van der Waals surface area contributed by atoms with Crippen molar-refractivity contribution in [3.63, 3.8) is 0 Å². The molecular formula is C13H17NO3. The van der Waals surface area contributed by atoms with Crippen molar-refractivity contribution in [1.29, 1.82) is 0 Å². The average molecular weight is 235 g/mol. The number of nitrogens with zero attached hydrogens (tertiary/aromatic N) is 1. The largest absolute Gasteiger partial charge is 0.444 e. The van der Waals surface area contributed by atoms with Crippen LogP contribution in [0.2, 0.25) is 0 Å². The summed E-state index contributed by atoms with van der Waals surface area (Å²) < 4.78 is 5.16. The molecule has 1 amide bonds. The minimum atomic E-state index is -0.710. The maximum atomic E-state index is 11.7. The van der Waals surface area contributed by atoms with Gasteiger partial charge < -0.3 is 9.84 Å². The Labute approximate surface area is 101 Å². The minimum Gasteiger partial charge on any atom is -0.444 e. The van der Waals surface area contributed by atoms with Crippen molar-refractivity contribution in [2.45, 2.75) is 26.2 Å². The first-order chi connectivity index (χ1) is 8.18. The lowest BCUT2D eigenvalue weighted by molar-refractivity contribution is 0.00458. The topological polar surface area (TPSA) is 49.8 Å². The Balaban J connectivity index is 1.86. The molecule has 0 bridgehead atoms. The maximum Gasteiger partial charge on any atom is 0.412 e. The van der Waals surface area contributed by atoms with Crippen molar-refractivity contribution in [1.82, 2.24) is 4.90 Å². The number of hydrogen-bond acceptors (Lipinski definition) is 3. The van der Waals surface area contributed by atoms with Gasteiger partial charge in [0.1, 0.15) is 12.8 Å². The number of ether oxygens (including phenoxy) is 1. The highest BCUT2D eigenvalue weighted by Gasteiger charge is 2.33. The molecule has 1 aromatic carbocycles. The molecule has 92 valence electrons. The van der Waals surface area contributed by atoms with Crippen LogP contribution in [0.15, 0.2) is 30.3 Å². The van der Waals surface area contributed by atoms with Gasteiger partial charge in [-0.25, -0.2) is 4.79 Å². The summed E-state index contributed by atoms with van der Waals surface area (Å²) in [6.07, 6.45) is -0.328. The monoisotopic (exact) mass is 235 g/mol. The van der Waals surface area contributed by atoms with Crippen molar-refractivity contribution < 1.29 is 14.6 Å². The van der Waals surface area contributed by atoms with Gasteiger partial charge in [-0.15, -0.1) is 0 Å². The number of aliphatic hydroxyl groups is 1. The Hall–Kier alpha value is -1.55. The van der Waals surface area contributed by atoms with Gasteiger partial charge >= 0.3 is 6.09 Å². The number of likely N-dealkylation sites (tertiary alicyclic amines) is 1. The molecule has 4 nitrogen and oxygen atoms in total. The quantitative estimate of drug-likeness (QED) is 0.852. The zero-order valence-corrected chi connectivity index (χ0v) is 9.87. The van der Waals surface area contributed by atoms with Crippen molar-refractivity contribution in [3.8, 4) is 0 Å². The molecule has 1 aromatic rings. The Bertz CT molecular complexity index is 380. The second-order valence-corrected chi connectivity index (χ2v) is 4.41. The van der Waals surface area contributed by atoms with Gasteiger partial charge in [0.05, 0.1) is 0 Å². The van der Waals surface area contributed by atoms with E-state index in [1.807, 2.05) is 37.3 Å². The third-order valence-corrected chi connectivity index (χ3v) is 3.09. The van der Waals surface area contributed by atoms with Crippen LogP contribution in [0.1, 0.15) is 18.9 Å². The average Bonchev–Trinajstić information content (AvgIpc) is 2.69. The van der Waals surface area contributed by atoms with E-state index < -0.39 is 12.3 Å². The lowest BCUT2D eigenvalue weighted by Crippen LogP contribution is -2.37. The number of aliphatic hydroxyl groups excluding tert-OH is 1. The maximum absolute atomic E-state index is 11.7. The third-order valence-electron chi connectivity index (χ3n) is 3.09. The van der Waals surface area contributed by atoms with Gasteiger partial charge in [-0.3, -0.25) is 4.90 Å². The van der Waals surface area contributed by atoms with Crippen LogP contribution in [0, 0.1) is 5.92 Å². The molecule has 1 fully saturated rings. The first-order valence-electron chi connectivity index (χ1n) is 5.84. The van der Waals surface area contributed by atoms with Crippen LogP contribution in [0.5, 0.6) is 0 Å². The van der Waals surface area contributed by atoms with Crippen LogP contribution >= 0.6 is 0 Å².